The normalized spacial score (nSPS) is 16.7. The van der Waals surface area contributed by atoms with Gasteiger partial charge in [-0.15, -0.1) is 0 Å². The maximum Gasteiger partial charge on any atom is 0.343 e. The zero-order valence-electron chi connectivity index (χ0n) is 18.3. The summed E-state index contributed by atoms with van der Waals surface area (Å²) in [6, 6.07) is 10.8. The van der Waals surface area contributed by atoms with Crippen molar-refractivity contribution in [2.24, 2.45) is 9.39 Å². The number of nitrogens with zero attached hydrogens (tertiary/aromatic N) is 3. The van der Waals surface area contributed by atoms with Crippen LogP contribution in [0.3, 0.4) is 0 Å². The Labute approximate surface area is 209 Å². The van der Waals surface area contributed by atoms with Gasteiger partial charge in [0, 0.05) is 11.3 Å². The lowest BCUT2D eigenvalue weighted by Crippen LogP contribution is -2.45. The highest BCUT2D eigenvalue weighted by molar-refractivity contribution is 8.16. The zero-order chi connectivity index (χ0) is 25.3. The molecule has 1 amide bonds. The van der Waals surface area contributed by atoms with Gasteiger partial charge in [0.05, 0.1) is 29.7 Å². The molecule has 0 aliphatic carbocycles. The van der Waals surface area contributed by atoms with E-state index >= 15 is 0 Å². The molecular weight excluding hydrogens is 516 g/mol. The standard InChI is InChI=1S/C22H17ClN4O6S2/c1-3-32-17-11-12(4-9-16(17)33-20(29)13-5-7-14(23)8-6-13)10-15-18(24)27-21(25-19(15)28)34-26-22(27)35(2,30)31/h4-11,24H,3H2,1-2H3. The van der Waals surface area contributed by atoms with Gasteiger partial charge >= 0.3 is 5.97 Å². The summed E-state index contributed by atoms with van der Waals surface area (Å²) in [5, 5.41) is 8.54. The van der Waals surface area contributed by atoms with Gasteiger partial charge in [-0.05, 0) is 55.0 Å². The molecule has 2 heterocycles. The van der Waals surface area contributed by atoms with Crippen LogP contribution in [0.15, 0.2) is 57.4 Å². The summed E-state index contributed by atoms with van der Waals surface area (Å²) in [5.74, 6) is -1.31. The smallest absolute Gasteiger partial charge is 0.343 e. The topological polar surface area (TPSA) is 139 Å². The third kappa shape index (κ3) is 5.14. The first-order chi connectivity index (χ1) is 16.6. The van der Waals surface area contributed by atoms with Crippen LogP contribution in [0, 0.1) is 5.41 Å². The molecule has 13 heteroatoms. The molecule has 4 rings (SSSR count). The van der Waals surface area contributed by atoms with Gasteiger partial charge in [0.2, 0.25) is 20.2 Å². The Balaban J connectivity index is 1.64. The van der Waals surface area contributed by atoms with Gasteiger partial charge in [-0.2, -0.15) is 9.39 Å². The van der Waals surface area contributed by atoms with Gasteiger partial charge in [0.25, 0.3) is 5.91 Å². The first-order valence-electron chi connectivity index (χ1n) is 10.0. The number of benzene rings is 2. The van der Waals surface area contributed by atoms with E-state index in [1.165, 1.54) is 30.3 Å². The van der Waals surface area contributed by atoms with Gasteiger partial charge in [-0.3, -0.25) is 10.2 Å². The lowest BCUT2D eigenvalue weighted by atomic mass is 10.1. The van der Waals surface area contributed by atoms with Gasteiger partial charge in [0.1, 0.15) is 5.84 Å². The molecule has 2 aromatic rings. The predicted octanol–water partition coefficient (Wildman–Crippen LogP) is 3.58. The van der Waals surface area contributed by atoms with Gasteiger partial charge < -0.3 is 9.47 Å². The van der Waals surface area contributed by atoms with Crippen molar-refractivity contribution >= 4 is 67.5 Å². The molecule has 0 unspecified atom stereocenters. The van der Waals surface area contributed by atoms with E-state index in [0.717, 1.165) is 11.2 Å². The number of halogens is 1. The quantitative estimate of drug-likeness (QED) is 0.267. The Bertz CT molecular complexity index is 1450. The highest BCUT2D eigenvalue weighted by Crippen LogP contribution is 2.33. The number of carbonyl (C=O) groups excluding carboxylic acids is 2. The number of carbonyl (C=O) groups is 2. The van der Waals surface area contributed by atoms with Crippen molar-refractivity contribution in [3.8, 4) is 11.5 Å². The molecule has 180 valence electrons. The Morgan fingerprint density at radius 1 is 1.20 bits per heavy atom. The molecule has 2 aliphatic rings. The Kier molecular flexibility index (Phi) is 6.79. The number of nitrogens with one attached hydrogen (secondary N) is 1. The van der Waals surface area contributed by atoms with Crippen LogP contribution in [0.5, 0.6) is 11.5 Å². The molecule has 0 atom stereocenters. The first-order valence-corrected chi connectivity index (χ1v) is 13.1. The van der Waals surface area contributed by atoms with Crippen molar-refractivity contribution in [1.29, 1.82) is 5.41 Å². The molecule has 2 aliphatic heterocycles. The number of amides is 1. The number of rotatable bonds is 5. The van der Waals surface area contributed by atoms with Crippen molar-refractivity contribution in [1.82, 2.24) is 4.90 Å². The number of esters is 1. The fourth-order valence-corrected chi connectivity index (χ4v) is 5.09. The fraction of sp³-hybridized carbons (Fsp3) is 0.136. The molecule has 35 heavy (non-hydrogen) atoms. The van der Waals surface area contributed by atoms with E-state index in [0.29, 0.717) is 28.1 Å². The third-order valence-corrected chi connectivity index (χ3v) is 6.69. The van der Waals surface area contributed by atoms with E-state index in [1.807, 2.05) is 0 Å². The summed E-state index contributed by atoms with van der Waals surface area (Å²) in [7, 11) is -3.76. The van der Waals surface area contributed by atoms with Crippen molar-refractivity contribution in [2.45, 2.75) is 6.92 Å². The third-order valence-electron chi connectivity index (χ3n) is 4.69. The van der Waals surface area contributed by atoms with E-state index in [9.17, 15) is 18.0 Å². The second-order valence-electron chi connectivity index (χ2n) is 7.21. The Hall–Kier alpha value is -3.48. The largest absolute Gasteiger partial charge is 0.490 e. The second-order valence-corrected chi connectivity index (χ2v) is 10.3. The second kappa shape index (κ2) is 9.64. The number of hydrogen-bond acceptors (Lipinski definition) is 9. The van der Waals surface area contributed by atoms with Crippen molar-refractivity contribution < 1.29 is 27.5 Å². The van der Waals surface area contributed by atoms with Crippen molar-refractivity contribution in [3.63, 3.8) is 0 Å². The minimum Gasteiger partial charge on any atom is -0.490 e. The predicted molar refractivity (Wildman–Crippen MR) is 134 cm³/mol. The van der Waals surface area contributed by atoms with Crippen molar-refractivity contribution in [2.75, 3.05) is 12.9 Å². The average Bonchev–Trinajstić information content (AvgIpc) is 3.23. The minimum atomic E-state index is -3.76. The summed E-state index contributed by atoms with van der Waals surface area (Å²) < 4.78 is 39.0. The van der Waals surface area contributed by atoms with Gasteiger partial charge in [-0.25, -0.2) is 18.1 Å². The fourth-order valence-electron chi connectivity index (χ4n) is 3.12. The first kappa shape index (κ1) is 24.6. The van der Waals surface area contributed by atoms with Crippen LogP contribution in [-0.4, -0.2) is 54.2 Å². The summed E-state index contributed by atoms with van der Waals surface area (Å²) in [6.07, 6.45) is 2.34. The Morgan fingerprint density at radius 3 is 2.57 bits per heavy atom. The highest BCUT2D eigenvalue weighted by atomic mass is 35.5. The summed E-state index contributed by atoms with van der Waals surface area (Å²) in [6.45, 7) is 2.02. The molecule has 1 N–H and O–H groups in total. The lowest BCUT2D eigenvalue weighted by molar-refractivity contribution is -0.114. The lowest BCUT2D eigenvalue weighted by Gasteiger charge is -2.23. The van der Waals surface area contributed by atoms with Crippen LogP contribution >= 0.6 is 23.5 Å². The number of aliphatic imine (C=N–C) groups is 1. The van der Waals surface area contributed by atoms with E-state index < -0.39 is 21.7 Å². The van der Waals surface area contributed by atoms with Crippen LogP contribution in [0.2, 0.25) is 5.02 Å². The summed E-state index contributed by atoms with van der Waals surface area (Å²) in [5.41, 5.74) is 0.599. The average molecular weight is 533 g/mol. The molecule has 0 radical (unpaired) electrons. The molecule has 0 saturated carbocycles. The summed E-state index contributed by atoms with van der Waals surface area (Å²) >= 11 is 6.57. The van der Waals surface area contributed by atoms with E-state index in [1.54, 1.807) is 25.1 Å². The van der Waals surface area contributed by atoms with Crippen LogP contribution in [0.25, 0.3) is 6.08 Å². The molecule has 2 aromatic carbocycles. The monoisotopic (exact) mass is 532 g/mol. The molecule has 0 spiro atoms. The molecule has 0 saturated heterocycles. The van der Waals surface area contributed by atoms with Crippen molar-refractivity contribution in [3.05, 3.63) is 64.2 Å². The maximum atomic E-state index is 12.6. The van der Waals surface area contributed by atoms with E-state index in [-0.39, 0.29) is 39.8 Å². The molecule has 0 aromatic heterocycles. The number of ether oxygens (including phenoxy) is 2. The molecule has 0 bridgehead atoms. The highest BCUT2D eigenvalue weighted by Gasteiger charge is 2.41. The molecule has 10 nitrogen and oxygen atoms in total. The van der Waals surface area contributed by atoms with Gasteiger partial charge in [0.15, 0.2) is 11.5 Å². The molecule has 0 fully saturated rings. The number of fused-ring (bicyclic) bond motifs is 1. The number of amidine groups is 3. The van der Waals surface area contributed by atoms with E-state index in [2.05, 4.69) is 9.39 Å². The zero-order valence-corrected chi connectivity index (χ0v) is 20.7. The number of sulfone groups is 1. The maximum absolute atomic E-state index is 12.6. The van der Waals surface area contributed by atoms with Crippen LogP contribution in [0.4, 0.5) is 0 Å². The minimum absolute atomic E-state index is 0.00274. The SMILES string of the molecule is CCOc1cc(C=C2C(=N)N3C(=NC2=O)SN=C3S(C)(=O)=O)ccc1OC(=O)c1ccc(Cl)cc1. The molecular formula is C22H17ClN4O6S2. The Morgan fingerprint density at radius 2 is 1.91 bits per heavy atom. The van der Waals surface area contributed by atoms with E-state index in [4.69, 9.17) is 26.5 Å². The van der Waals surface area contributed by atoms with Crippen LogP contribution in [-0.2, 0) is 14.6 Å². The summed E-state index contributed by atoms with van der Waals surface area (Å²) in [4.78, 5) is 29.9. The van der Waals surface area contributed by atoms with Crippen LogP contribution in [0.1, 0.15) is 22.8 Å². The van der Waals surface area contributed by atoms with Gasteiger partial charge in [-0.1, -0.05) is 17.7 Å². The van der Waals surface area contributed by atoms with Crippen LogP contribution < -0.4 is 9.47 Å². The number of hydrogen-bond donors (Lipinski definition) is 1.